The molecule has 3 rings (SSSR count). The summed E-state index contributed by atoms with van der Waals surface area (Å²) in [6.07, 6.45) is 0.990. The van der Waals surface area contributed by atoms with Crippen LogP contribution in [0.15, 0.2) is 52.3 Å². The minimum Gasteiger partial charge on any atom is -0.550 e. The summed E-state index contributed by atoms with van der Waals surface area (Å²) in [5.74, 6) is -1.17. The molecule has 6 heteroatoms. The zero-order valence-corrected chi connectivity index (χ0v) is 15.0. The van der Waals surface area contributed by atoms with E-state index in [4.69, 9.17) is 0 Å². The quantitative estimate of drug-likeness (QED) is 0.594. The van der Waals surface area contributed by atoms with Crippen molar-refractivity contribution in [2.24, 2.45) is 0 Å². The van der Waals surface area contributed by atoms with Crippen LogP contribution < -0.4 is 34.7 Å². The molecular formula is C16H13NaO4S. The molecule has 22 heavy (non-hydrogen) atoms. The Kier molecular flexibility index (Phi) is 5.12. The van der Waals surface area contributed by atoms with Crippen LogP contribution in [0.3, 0.4) is 0 Å². The van der Waals surface area contributed by atoms with Crippen LogP contribution in [0.5, 0.6) is 0 Å². The van der Waals surface area contributed by atoms with Gasteiger partial charge >= 0.3 is 29.6 Å². The first kappa shape index (κ1) is 17.2. The number of carboxylic acid groups (broad SMARTS) is 1. The van der Waals surface area contributed by atoms with Gasteiger partial charge in [0, 0.05) is 12.4 Å². The summed E-state index contributed by atoms with van der Waals surface area (Å²) < 4.78 is 25.4. The van der Waals surface area contributed by atoms with E-state index in [9.17, 15) is 18.3 Å². The number of aryl methyl sites for hydroxylation is 2. The van der Waals surface area contributed by atoms with Gasteiger partial charge in [0.1, 0.15) is 0 Å². The van der Waals surface area contributed by atoms with Gasteiger partial charge < -0.3 is 9.90 Å². The maximum Gasteiger partial charge on any atom is 1.00 e. The fraction of sp³-hybridized carbons (Fsp3) is 0.188. The number of hydrogen-bond acceptors (Lipinski definition) is 4. The van der Waals surface area contributed by atoms with E-state index in [1.54, 1.807) is 24.3 Å². The van der Waals surface area contributed by atoms with Gasteiger partial charge in [-0.2, -0.15) is 0 Å². The van der Waals surface area contributed by atoms with E-state index in [-0.39, 0.29) is 40.9 Å². The molecule has 2 aromatic rings. The van der Waals surface area contributed by atoms with Gasteiger partial charge in [-0.05, 0) is 41.7 Å². The van der Waals surface area contributed by atoms with Crippen LogP contribution in [0.25, 0.3) is 0 Å². The third-order valence-electron chi connectivity index (χ3n) is 3.69. The fourth-order valence-corrected chi connectivity index (χ4v) is 4.49. The van der Waals surface area contributed by atoms with Crippen molar-refractivity contribution in [3.8, 4) is 0 Å². The molecule has 0 N–H and O–H groups in total. The third kappa shape index (κ3) is 3.13. The summed E-state index contributed by atoms with van der Waals surface area (Å²) in [7, 11) is -3.55. The Morgan fingerprint density at radius 3 is 2.36 bits per heavy atom. The van der Waals surface area contributed by atoms with E-state index in [1.165, 1.54) is 6.07 Å². The molecule has 0 bridgehead atoms. The Morgan fingerprint density at radius 1 is 1.00 bits per heavy atom. The van der Waals surface area contributed by atoms with E-state index < -0.39 is 15.8 Å². The standard InChI is InChI=1S/C16H14O4S.Na/c17-16(18)10-11-5-8-15-13(9-11)7-6-12-3-1-2-4-14(12)21(15,19)20;/h1-5,8-9H,6-7,10H2,(H,17,18);/q;+1/p-1. The summed E-state index contributed by atoms with van der Waals surface area (Å²) in [6, 6.07) is 11.7. The monoisotopic (exact) mass is 324 g/mol. The Morgan fingerprint density at radius 2 is 1.64 bits per heavy atom. The molecule has 0 spiro atoms. The van der Waals surface area contributed by atoms with Crippen LogP contribution in [-0.2, 0) is 33.9 Å². The summed E-state index contributed by atoms with van der Waals surface area (Å²) in [5, 5.41) is 10.7. The van der Waals surface area contributed by atoms with Crippen LogP contribution in [-0.4, -0.2) is 14.4 Å². The zero-order valence-electron chi connectivity index (χ0n) is 12.2. The molecule has 1 aliphatic rings. The summed E-state index contributed by atoms with van der Waals surface area (Å²) in [4.78, 5) is 11.3. The maximum atomic E-state index is 12.7. The number of sulfone groups is 1. The number of carboxylic acids is 1. The number of rotatable bonds is 2. The molecule has 0 amide bonds. The SMILES string of the molecule is O=C([O-])Cc1ccc2c(c1)CCc1ccccc1S2(=O)=O.[Na+]. The molecule has 0 unspecified atom stereocenters. The number of hydrogen-bond donors (Lipinski definition) is 0. The molecule has 108 valence electrons. The first-order chi connectivity index (χ1) is 9.98. The topological polar surface area (TPSA) is 74.3 Å². The number of aliphatic carboxylic acids is 1. The van der Waals surface area contributed by atoms with Crippen LogP contribution in [0.1, 0.15) is 16.7 Å². The molecule has 0 saturated carbocycles. The van der Waals surface area contributed by atoms with Crippen molar-refractivity contribution in [2.45, 2.75) is 29.1 Å². The van der Waals surface area contributed by atoms with E-state index in [0.29, 0.717) is 28.9 Å². The van der Waals surface area contributed by atoms with Gasteiger partial charge in [-0.15, -0.1) is 0 Å². The number of fused-ring (bicyclic) bond motifs is 2. The smallest absolute Gasteiger partial charge is 0.550 e. The van der Waals surface area contributed by atoms with Gasteiger partial charge in [0.2, 0.25) is 9.84 Å². The number of carbonyl (C=O) groups is 1. The molecule has 2 aromatic carbocycles. The summed E-state index contributed by atoms with van der Waals surface area (Å²) >= 11 is 0. The molecular weight excluding hydrogens is 311 g/mol. The second kappa shape index (κ2) is 6.54. The van der Waals surface area contributed by atoms with Gasteiger partial charge in [-0.3, -0.25) is 0 Å². The van der Waals surface area contributed by atoms with Gasteiger partial charge in [0.15, 0.2) is 0 Å². The van der Waals surface area contributed by atoms with Crippen LogP contribution in [0.4, 0.5) is 0 Å². The van der Waals surface area contributed by atoms with Crippen molar-refractivity contribution in [3.63, 3.8) is 0 Å². The van der Waals surface area contributed by atoms with E-state index >= 15 is 0 Å². The Bertz CT molecular complexity index is 828. The third-order valence-corrected chi connectivity index (χ3v) is 5.64. The van der Waals surface area contributed by atoms with Crippen molar-refractivity contribution in [1.82, 2.24) is 0 Å². The van der Waals surface area contributed by atoms with Crippen LogP contribution in [0, 0.1) is 0 Å². The normalized spacial score (nSPS) is 14.9. The second-order valence-corrected chi connectivity index (χ2v) is 6.99. The zero-order chi connectivity index (χ0) is 15.0. The van der Waals surface area contributed by atoms with E-state index in [0.717, 1.165) is 5.56 Å². The number of benzene rings is 2. The number of carbonyl (C=O) groups excluding carboxylic acids is 1. The predicted octanol–water partition coefficient (Wildman–Crippen LogP) is -2.09. The van der Waals surface area contributed by atoms with Crippen LogP contribution >= 0.6 is 0 Å². The van der Waals surface area contributed by atoms with Crippen molar-refractivity contribution in [3.05, 3.63) is 59.2 Å². The Hall–Kier alpha value is -1.14. The Balaban J connectivity index is 0.00000176. The first-order valence-corrected chi connectivity index (χ1v) is 8.11. The minimum absolute atomic E-state index is 0. The molecule has 0 aliphatic carbocycles. The maximum absolute atomic E-state index is 12.7. The van der Waals surface area contributed by atoms with E-state index in [1.807, 2.05) is 12.1 Å². The van der Waals surface area contributed by atoms with Gasteiger partial charge in [0.25, 0.3) is 0 Å². The fourth-order valence-electron chi connectivity index (χ4n) is 2.73. The molecule has 1 aliphatic heterocycles. The van der Waals surface area contributed by atoms with Crippen molar-refractivity contribution in [2.75, 3.05) is 0 Å². The molecule has 0 radical (unpaired) electrons. The minimum atomic E-state index is -3.55. The molecule has 4 nitrogen and oxygen atoms in total. The van der Waals surface area contributed by atoms with E-state index in [2.05, 4.69) is 0 Å². The molecule has 0 atom stereocenters. The van der Waals surface area contributed by atoms with Gasteiger partial charge in [0.05, 0.1) is 9.79 Å². The molecule has 0 aromatic heterocycles. The predicted molar refractivity (Wildman–Crippen MR) is 74.5 cm³/mol. The van der Waals surface area contributed by atoms with Crippen molar-refractivity contribution in [1.29, 1.82) is 0 Å². The second-order valence-electron chi connectivity index (χ2n) is 5.10. The van der Waals surface area contributed by atoms with Crippen molar-refractivity contribution < 1.29 is 47.9 Å². The molecule has 1 heterocycles. The Labute approximate surface area is 151 Å². The molecule has 0 saturated heterocycles. The largest absolute Gasteiger partial charge is 1.00 e. The first-order valence-electron chi connectivity index (χ1n) is 6.63. The van der Waals surface area contributed by atoms with Gasteiger partial charge in [-0.25, -0.2) is 8.42 Å². The van der Waals surface area contributed by atoms with Gasteiger partial charge in [-0.1, -0.05) is 30.3 Å². The summed E-state index contributed by atoms with van der Waals surface area (Å²) in [5.41, 5.74) is 2.04. The molecule has 0 fully saturated rings. The average molecular weight is 324 g/mol. The summed E-state index contributed by atoms with van der Waals surface area (Å²) in [6.45, 7) is 0. The van der Waals surface area contributed by atoms with Crippen LogP contribution in [0.2, 0.25) is 0 Å². The van der Waals surface area contributed by atoms with Crippen molar-refractivity contribution >= 4 is 15.8 Å². The average Bonchev–Trinajstić information content (AvgIpc) is 2.54.